The molecule has 0 bridgehead atoms. The summed E-state index contributed by atoms with van der Waals surface area (Å²) in [5.74, 6) is 0.0571. The lowest BCUT2D eigenvalue weighted by molar-refractivity contribution is -0.152. The van der Waals surface area contributed by atoms with Crippen molar-refractivity contribution in [3.8, 4) is 5.75 Å². The highest BCUT2D eigenvalue weighted by Gasteiger charge is 2.40. The molecule has 0 saturated heterocycles. The van der Waals surface area contributed by atoms with Crippen LogP contribution in [0.15, 0.2) is 47.4 Å². The summed E-state index contributed by atoms with van der Waals surface area (Å²) >= 11 is 1.56. The molecule has 1 aliphatic rings. The quantitative estimate of drug-likeness (QED) is 0.655. The molecule has 6 nitrogen and oxygen atoms in total. The minimum Gasteiger partial charge on any atom is -0.497 e. The van der Waals surface area contributed by atoms with Crippen LogP contribution in [0.3, 0.4) is 0 Å². The maximum absolute atomic E-state index is 13.6. The number of fused-ring (bicyclic) bond motifs is 1. The van der Waals surface area contributed by atoms with Crippen LogP contribution < -0.4 is 9.64 Å². The third-order valence-corrected chi connectivity index (χ3v) is 6.31. The van der Waals surface area contributed by atoms with Crippen LogP contribution in [0, 0.1) is 6.92 Å². The Bertz CT molecular complexity index is 914. The number of carbonyl (C=O) groups is 2. The van der Waals surface area contributed by atoms with Gasteiger partial charge in [-0.3, -0.25) is 9.59 Å². The molecule has 0 aromatic heterocycles. The lowest BCUT2D eigenvalue weighted by Crippen LogP contribution is -2.45. The van der Waals surface area contributed by atoms with Crippen molar-refractivity contribution in [1.29, 1.82) is 0 Å². The highest BCUT2D eigenvalue weighted by atomic mass is 32.2. The molecule has 0 fully saturated rings. The van der Waals surface area contributed by atoms with Gasteiger partial charge in [-0.15, -0.1) is 11.8 Å². The number of ether oxygens (including phenoxy) is 2. The molecule has 2 aromatic carbocycles. The van der Waals surface area contributed by atoms with E-state index in [1.165, 1.54) is 6.92 Å². The molecule has 2 atom stereocenters. The van der Waals surface area contributed by atoms with Crippen molar-refractivity contribution < 1.29 is 19.1 Å². The number of methoxy groups -OCH3 is 1. The smallest absolute Gasteiger partial charge is 0.303 e. The summed E-state index contributed by atoms with van der Waals surface area (Å²) in [6.07, 6.45) is -0.921. The van der Waals surface area contributed by atoms with Crippen molar-refractivity contribution >= 4 is 29.3 Å². The monoisotopic (exact) mass is 428 g/mol. The van der Waals surface area contributed by atoms with E-state index in [-0.39, 0.29) is 11.2 Å². The fourth-order valence-corrected chi connectivity index (χ4v) is 4.81. The molecular weight excluding hydrogens is 400 g/mol. The number of esters is 1. The molecule has 0 saturated carbocycles. The second kappa shape index (κ2) is 9.53. The topological polar surface area (TPSA) is 59.1 Å². The maximum Gasteiger partial charge on any atom is 0.303 e. The van der Waals surface area contributed by atoms with Gasteiger partial charge >= 0.3 is 5.97 Å². The average Bonchev–Trinajstić information content (AvgIpc) is 2.81. The van der Waals surface area contributed by atoms with Crippen LogP contribution >= 0.6 is 11.8 Å². The molecule has 0 N–H and O–H groups in total. The third-order valence-electron chi connectivity index (χ3n) is 4.95. The fourth-order valence-electron chi connectivity index (χ4n) is 3.40. The highest BCUT2D eigenvalue weighted by Crippen LogP contribution is 2.47. The number of hydrogen-bond donors (Lipinski definition) is 0. The van der Waals surface area contributed by atoms with E-state index in [0.717, 1.165) is 27.5 Å². The number of amides is 1. The summed E-state index contributed by atoms with van der Waals surface area (Å²) in [6, 6.07) is 13.6. The fraction of sp³-hybridized carbons (Fsp3) is 0.391. The van der Waals surface area contributed by atoms with Crippen molar-refractivity contribution in [3.05, 3.63) is 53.6 Å². The van der Waals surface area contributed by atoms with Gasteiger partial charge in [0.1, 0.15) is 5.75 Å². The number of benzene rings is 2. The molecule has 0 aliphatic carbocycles. The lowest BCUT2D eigenvalue weighted by Gasteiger charge is -2.28. The Hall–Kier alpha value is -2.51. The number of nitrogens with zero attached hydrogens (tertiary/aromatic N) is 2. The Morgan fingerprint density at radius 1 is 1.17 bits per heavy atom. The van der Waals surface area contributed by atoms with Crippen molar-refractivity contribution in [3.63, 3.8) is 0 Å². The van der Waals surface area contributed by atoms with Gasteiger partial charge in [-0.05, 0) is 56.4 Å². The molecule has 2 aromatic rings. The average molecular weight is 429 g/mol. The summed E-state index contributed by atoms with van der Waals surface area (Å²) in [7, 11) is 5.55. The molecule has 0 spiro atoms. The number of anilines is 1. The molecular formula is C23H28N2O4S. The van der Waals surface area contributed by atoms with Crippen LogP contribution in [0.2, 0.25) is 0 Å². The second-order valence-electron chi connectivity index (χ2n) is 7.61. The second-order valence-corrected chi connectivity index (χ2v) is 8.79. The Kier molecular flexibility index (Phi) is 7.05. The molecule has 160 valence electrons. The van der Waals surface area contributed by atoms with Gasteiger partial charge in [-0.1, -0.05) is 18.2 Å². The Morgan fingerprint density at radius 3 is 2.47 bits per heavy atom. The standard InChI is InChI=1S/C23H28N2O4S/c1-15-6-11-19-20(14-15)30-22(17-7-9-18(28-5)10-8-17)21(29-16(2)26)23(27)25(19)13-12-24(3)4/h6-11,14,21-22H,12-13H2,1-5H3/t21-,22+/m1/s1. The number of thioether (sulfide) groups is 1. The third kappa shape index (κ3) is 4.96. The SMILES string of the molecule is COc1ccc([C@@H]2Sc3cc(C)ccc3N(CCN(C)C)C(=O)[C@@H]2OC(C)=O)cc1. The van der Waals surface area contributed by atoms with Gasteiger partial charge in [0.2, 0.25) is 0 Å². The first-order chi connectivity index (χ1) is 14.3. The molecule has 1 amide bonds. The zero-order chi connectivity index (χ0) is 21.8. The summed E-state index contributed by atoms with van der Waals surface area (Å²) in [5, 5.41) is -0.364. The van der Waals surface area contributed by atoms with Gasteiger partial charge in [0.25, 0.3) is 5.91 Å². The summed E-state index contributed by atoms with van der Waals surface area (Å²) in [6.45, 7) is 4.58. The van der Waals surface area contributed by atoms with Crippen molar-refractivity contribution in [2.75, 3.05) is 39.2 Å². The number of carbonyl (C=O) groups excluding carboxylic acids is 2. The first-order valence-electron chi connectivity index (χ1n) is 9.84. The normalized spacial score (nSPS) is 18.7. The van der Waals surface area contributed by atoms with Crippen LogP contribution in [0.5, 0.6) is 5.75 Å². The van der Waals surface area contributed by atoms with Gasteiger partial charge in [0, 0.05) is 24.9 Å². The first-order valence-corrected chi connectivity index (χ1v) is 10.7. The van der Waals surface area contributed by atoms with E-state index >= 15 is 0 Å². The van der Waals surface area contributed by atoms with Crippen molar-refractivity contribution in [1.82, 2.24) is 4.90 Å². The van der Waals surface area contributed by atoms with Crippen LogP contribution in [0.1, 0.15) is 23.3 Å². The van der Waals surface area contributed by atoms with Crippen LogP contribution in [-0.2, 0) is 14.3 Å². The van der Waals surface area contributed by atoms with E-state index in [1.54, 1.807) is 23.8 Å². The van der Waals surface area contributed by atoms with Crippen LogP contribution in [0.4, 0.5) is 5.69 Å². The summed E-state index contributed by atoms with van der Waals surface area (Å²) in [5.41, 5.74) is 2.87. The minimum atomic E-state index is -0.921. The zero-order valence-corrected chi connectivity index (χ0v) is 18.9. The van der Waals surface area contributed by atoms with Gasteiger partial charge in [0.15, 0.2) is 6.10 Å². The van der Waals surface area contributed by atoms with E-state index in [2.05, 4.69) is 6.07 Å². The molecule has 30 heavy (non-hydrogen) atoms. The zero-order valence-electron chi connectivity index (χ0n) is 18.0. The minimum absolute atomic E-state index is 0.206. The maximum atomic E-state index is 13.6. The molecule has 1 heterocycles. The van der Waals surface area contributed by atoms with E-state index in [0.29, 0.717) is 13.1 Å². The first kappa shape index (κ1) is 22.2. The van der Waals surface area contributed by atoms with Gasteiger partial charge in [0.05, 0.1) is 18.0 Å². The molecule has 0 unspecified atom stereocenters. The van der Waals surface area contributed by atoms with Crippen LogP contribution in [-0.4, -0.2) is 57.2 Å². The number of hydrogen-bond acceptors (Lipinski definition) is 6. The predicted octanol–water partition coefficient (Wildman–Crippen LogP) is 3.68. The highest BCUT2D eigenvalue weighted by molar-refractivity contribution is 7.99. The van der Waals surface area contributed by atoms with Gasteiger partial charge < -0.3 is 19.3 Å². The Labute approximate surface area is 182 Å². The molecule has 3 rings (SSSR count). The number of aryl methyl sites for hydroxylation is 1. The number of rotatable bonds is 6. The van der Waals surface area contributed by atoms with Gasteiger partial charge in [-0.25, -0.2) is 0 Å². The van der Waals surface area contributed by atoms with Gasteiger partial charge in [-0.2, -0.15) is 0 Å². The molecule has 7 heteroatoms. The van der Waals surface area contributed by atoms with E-state index in [9.17, 15) is 9.59 Å². The molecule has 1 aliphatic heterocycles. The summed E-state index contributed by atoms with van der Waals surface area (Å²) in [4.78, 5) is 30.3. The number of likely N-dealkylation sites (N-methyl/N-ethyl adjacent to an activating group) is 1. The Balaban J connectivity index is 2.09. The summed E-state index contributed by atoms with van der Waals surface area (Å²) < 4.78 is 10.9. The van der Waals surface area contributed by atoms with E-state index in [1.807, 2.05) is 62.3 Å². The largest absolute Gasteiger partial charge is 0.497 e. The Morgan fingerprint density at radius 2 is 1.87 bits per heavy atom. The van der Waals surface area contributed by atoms with Crippen molar-refractivity contribution in [2.45, 2.75) is 30.1 Å². The van der Waals surface area contributed by atoms with E-state index in [4.69, 9.17) is 9.47 Å². The molecule has 0 radical (unpaired) electrons. The van der Waals surface area contributed by atoms with E-state index < -0.39 is 12.1 Å². The van der Waals surface area contributed by atoms with Crippen molar-refractivity contribution in [2.24, 2.45) is 0 Å². The lowest BCUT2D eigenvalue weighted by atomic mass is 10.1. The van der Waals surface area contributed by atoms with Crippen LogP contribution in [0.25, 0.3) is 0 Å². The predicted molar refractivity (Wildman–Crippen MR) is 119 cm³/mol.